The monoisotopic (exact) mass is 393 g/mol. The highest BCUT2D eigenvalue weighted by Crippen LogP contribution is 2.27. The maximum atomic E-state index is 12.5. The molecule has 0 N–H and O–H groups in total. The fraction of sp³-hybridized carbons (Fsp3) is 0.529. The molecule has 0 atom stereocenters. The van der Waals surface area contributed by atoms with Crippen LogP contribution in [0.5, 0.6) is 0 Å². The molecule has 1 aliphatic rings. The topological polar surface area (TPSA) is 110 Å². The molecule has 1 amide bonds. The minimum Gasteiger partial charge on any atom is -0.337 e. The van der Waals surface area contributed by atoms with Crippen LogP contribution in [-0.2, 0) is 16.6 Å². The Morgan fingerprint density at radius 3 is 2.67 bits per heavy atom. The number of amides is 1. The molecule has 0 aliphatic carbocycles. The minimum atomic E-state index is -3.16. The predicted octanol–water partition coefficient (Wildman–Crippen LogP) is 1.18. The molecular formula is C17H23N5O4S. The van der Waals surface area contributed by atoms with Crippen LogP contribution in [0.1, 0.15) is 46.4 Å². The lowest BCUT2D eigenvalue weighted by Gasteiger charge is -2.28. The van der Waals surface area contributed by atoms with E-state index in [-0.39, 0.29) is 18.4 Å². The van der Waals surface area contributed by atoms with Gasteiger partial charge in [-0.1, -0.05) is 5.16 Å². The van der Waals surface area contributed by atoms with E-state index in [1.54, 1.807) is 19.3 Å². The van der Waals surface area contributed by atoms with E-state index < -0.39 is 10.0 Å². The number of carbonyl (C=O) groups excluding carboxylic acids is 1. The normalized spacial score (nSPS) is 16.4. The Morgan fingerprint density at radius 2 is 2.04 bits per heavy atom. The molecule has 3 heterocycles. The van der Waals surface area contributed by atoms with Gasteiger partial charge in [-0.25, -0.2) is 12.7 Å². The van der Waals surface area contributed by atoms with Crippen LogP contribution < -0.4 is 0 Å². The summed E-state index contributed by atoms with van der Waals surface area (Å²) in [5.41, 5.74) is 1.42. The number of piperidine rings is 1. The lowest BCUT2D eigenvalue weighted by Crippen LogP contribution is -2.37. The summed E-state index contributed by atoms with van der Waals surface area (Å²) in [6, 6.07) is 1.78. The van der Waals surface area contributed by atoms with Crippen molar-refractivity contribution >= 4 is 15.9 Å². The minimum absolute atomic E-state index is 0.0579. The van der Waals surface area contributed by atoms with Gasteiger partial charge in [0.25, 0.3) is 5.91 Å². The van der Waals surface area contributed by atoms with Crippen molar-refractivity contribution in [2.24, 2.45) is 0 Å². The van der Waals surface area contributed by atoms with Crippen molar-refractivity contribution in [3.63, 3.8) is 0 Å². The second-order valence-corrected chi connectivity index (χ2v) is 8.88. The Kier molecular flexibility index (Phi) is 5.56. The fourth-order valence-electron chi connectivity index (χ4n) is 3.11. The number of aromatic nitrogens is 3. The average Bonchev–Trinajstić information content (AvgIpc) is 3.09. The van der Waals surface area contributed by atoms with Gasteiger partial charge < -0.3 is 9.42 Å². The van der Waals surface area contributed by atoms with Crippen LogP contribution in [0.3, 0.4) is 0 Å². The quantitative estimate of drug-likeness (QED) is 0.750. The van der Waals surface area contributed by atoms with Crippen molar-refractivity contribution in [3.8, 4) is 0 Å². The smallest absolute Gasteiger partial charge is 0.255 e. The first-order chi connectivity index (χ1) is 12.7. The Balaban J connectivity index is 1.60. The fourth-order valence-corrected chi connectivity index (χ4v) is 3.98. The summed E-state index contributed by atoms with van der Waals surface area (Å²) in [7, 11) is -1.50. The van der Waals surface area contributed by atoms with E-state index in [1.807, 2.05) is 6.92 Å². The van der Waals surface area contributed by atoms with Gasteiger partial charge in [0.1, 0.15) is 0 Å². The van der Waals surface area contributed by atoms with E-state index in [4.69, 9.17) is 4.52 Å². The summed E-state index contributed by atoms with van der Waals surface area (Å²) in [5, 5.41) is 4.02. The molecule has 0 saturated carbocycles. The lowest BCUT2D eigenvalue weighted by molar-refractivity contribution is 0.0769. The third kappa shape index (κ3) is 4.69. The zero-order chi connectivity index (χ0) is 19.6. The van der Waals surface area contributed by atoms with Crippen LogP contribution in [0.15, 0.2) is 23.0 Å². The SMILES string of the molecule is Cc1cncc(C(=O)N(C)Cc2nc(C3CCN(S(C)(=O)=O)CC3)no2)c1. The molecule has 2 aromatic heterocycles. The summed E-state index contributed by atoms with van der Waals surface area (Å²) >= 11 is 0. The van der Waals surface area contributed by atoms with Crippen LogP contribution in [0.4, 0.5) is 0 Å². The maximum absolute atomic E-state index is 12.5. The van der Waals surface area contributed by atoms with Crippen molar-refractivity contribution in [2.75, 3.05) is 26.4 Å². The van der Waals surface area contributed by atoms with Gasteiger partial charge in [-0.2, -0.15) is 4.98 Å². The molecule has 27 heavy (non-hydrogen) atoms. The first kappa shape index (κ1) is 19.4. The van der Waals surface area contributed by atoms with Gasteiger partial charge in [0.05, 0.1) is 18.4 Å². The zero-order valence-electron chi connectivity index (χ0n) is 15.6. The van der Waals surface area contributed by atoms with Crippen molar-refractivity contribution in [2.45, 2.75) is 32.2 Å². The number of hydrogen-bond donors (Lipinski definition) is 0. The lowest BCUT2D eigenvalue weighted by atomic mass is 9.98. The number of rotatable bonds is 5. The van der Waals surface area contributed by atoms with Crippen LogP contribution in [0.2, 0.25) is 0 Å². The molecule has 0 aromatic carbocycles. The molecule has 1 fully saturated rings. The molecule has 146 valence electrons. The van der Waals surface area contributed by atoms with Gasteiger partial charge in [-0.15, -0.1) is 0 Å². The molecule has 0 spiro atoms. The van der Waals surface area contributed by atoms with E-state index in [1.165, 1.54) is 21.7 Å². The highest BCUT2D eigenvalue weighted by atomic mass is 32.2. The largest absolute Gasteiger partial charge is 0.337 e. The first-order valence-corrected chi connectivity index (χ1v) is 10.5. The number of sulfonamides is 1. The second-order valence-electron chi connectivity index (χ2n) is 6.89. The van der Waals surface area contributed by atoms with Gasteiger partial charge in [-0.05, 0) is 31.4 Å². The van der Waals surface area contributed by atoms with E-state index in [2.05, 4.69) is 15.1 Å². The zero-order valence-corrected chi connectivity index (χ0v) is 16.4. The first-order valence-electron chi connectivity index (χ1n) is 8.69. The van der Waals surface area contributed by atoms with Gasteiger partial charge in [-0.3, -0.25) is 9.78 Å². The van der Waals surface area contributed by atoms with Crippen molar-refractivity contribution in [3.05, 3.63) is 41.3 Å². The molecule has 1 aliphatic heterocycles. The van der Waals surface area contributed by atoms with Crippen LogP contribution >= 0.6 is 0 Å². The van der Waals surface area contributed by atoms with E-state index in [9.17, 15) is 13.2 Å². The molecule has 1 saturated heterocycles. The third-order valence-electron chi connectivity index (χ3n) is 4.61. The predicted molar refractivity (Wildman–Crippen MR) is 97.5 cm³/mol. The van der Waals surface area contributed by atoms with Crippen molar-refractivity contribution in [1.82, 2.24) is 24.3 Å². The summed E-state index contributed by atoms with van der Waals surface area (Å²) < 4.78 is 29.9. The molecule has 0 unspecified atom stereocenters. The Morgan fingerprint density at radius 1 is 1.33 bits per heavy atom. The van der Waals surface area contributed by atoms with Crippen molar-refractivity contribution < 1.29 is 17.7 Å². The summed E-state index contributed by atoms with van der Waals surface area (Å²) in [4.78, 5) is 22.4. The highest BCUT2D eigenvalue weighted by Gasteiger charge is 2.28. The Bertz CT molecular complexity index is 919. The molecular weight excluding hydrogens is 370 g/mol. The molecule has 0 radical (unpaired) electrons. The van der Waals surface area contributed by atoms with Gasteiger partial charge in [0.2, 0.25) is 15.9 Å². The van der Waals surface area contributed by atoms with Crippen LogP contribution in [-0.4, -0.2) is 65.0 Å². The maximum Gasteiger partial charge on any atom is 0.255 e. The molecule has 3 rings (SSSR count). The summed E-state index contributed by atoms with van der Waals surface area (Å²) in [6.45, 7) is 2.98. The number of pyridine rings is 1. The van der Waals surface area contributed by atoms with E-state index in [0.717, 1.165) is 5.56 Å². The Labute approximate surface area is 158 Å². The molecule has 9 nitrogen and oxygen atoms in total. The van der Waals surface area contributed by atoms with Crippen LogP contribution in [0.25, 0.3) is 0 Å². The average molecular weight is 393 g/mol. The number of carbonyl (C=O) groups is 1. The third-order valence-corrected chi connectivity index (χ3v) is 5.92. The number of hydrogen-bond acceptors (Lipinski definition) is 7. The summed E-state index contributed by atoms with van der Waals surface area (Å²) in [5.74, 6) is 0.804. The van der Waals surface area contributed by atoms with E-state index in [0.29, 0.717) is 43.2 Å². The van der Waals surface area contributed by atoms with Gasteiger partial charge >= 0.3 is 0 Å². The summed E-state index contributed by atoms with van der Waals surface area (Å²) in [6.07, 6.45) is 5.73. The van der Waals surface area contributed by atoms with Crippen LogP contribution in [0, 0.1) is 6.92 Å². The second kappa shape index (κ2) is 7.73. The Hall–Kier alpha value is -2.33. The highest BCUT2D eigenvalue weighted by molar-refractivity contribution is 7.88. The molecule has 0 bridgehead atoms. The van der Waals surface area contributed by atoms with Gasteiger partial charge in [0, 0.05) is 38.4 Å². The number of aryl methyl sites for hydroxylation is 1. The van der Waals surface area contributed by atoms with E-state index >= 15 is 0 Å². The molecule has 10 heteroatoms. The standard InChI is InChI=1S/C17H23N5O4S/c1-12-8-14(10-18-9-12)17(23)21(2)11-15-19-16(20-26-15)13-4-6-22(7-5-13)27(3,24)25/h8-10,13H,4-7,11H2,1-3H3. The van der Waals surface area contributed by atoms with Gasteiger partial charge in [0.15, 0.2) is 5.82 Å². The number of nitrogens with zero attached hydrogens (tertiary/aromatic N) is 5. The van der Waals surface area contributed by atoms with Crippen molar-refractivity contribution in [1.29, 1.82) is 0 Å². The molecule has 2 aromatic rings.